The van der Waals surface area contributed by atoms with E-state index < -0.39 is 5.60 Å². The van der Waals surface area contributed by atoms with Crippen LogP contribution in [0.1, 0.15) is 40.5 Å². The van der Waals surface area contributed by atoms with E-state index in [1.807, 2.05) is 11.6 Å². The van der Waals surface area contributed by atoms with Crippen molar-refractivity contribution in [2.45, 2.75) is 58.7 Å². The van der Waals surface area contributed by atoms with Gasteiger partial charge >= 0.3 is 0 Å². The van der Waals surface area contributed by atoms with Crippen molar-refractivity contribution in [2.24, 2.45) is 5.92 Å². The highest BCUT2D eigenvalue weighted by Gasteiger charge is 2.26. The molecule has 0 amide bonds. The van der Waals surface area contributed by atoms with Gasteiger partial charge in [-0.3, -0.25) is 4.68 Å². The number of aliphatic hydroxyl groups is 1. The molecule has 1 heterocycles. The molecule has 104 valence electrons. The Morgan fingerprint density at radius 2 is 2.17 bits per heavy atom. The predicted octanol–water partition coefficient (Wildman–Crippen LogP) is 1.44. The Morgan fingerprint density at radius 1 is 1.44 bits per heavy atom. The van der Waals surface area contributed by atoms with Gasteiger partial charge in [-0.2, -0.15) is 5.10 Å². The van der Waals surface area contributed by atoms with Crippen LogP contribution in [0.4, 0.5) is 0 Å². The van der Waals surface area contributed by atoms with Crippen LogP contribution in [0.15, 0.2) is 12.7 Å². The summed E-state index contributed by atoms with van der Waals surface area (Å²) >= 11 is 0. The van der Waals surface area contributed by atoms with E-state index >= 15 is 0 Å². The summed E-state index contributed by atoms with van der Waals surface area (Å²) in [7, 11) is 0. The molecule has 0 spiro atoms. The van der Waals surface area contributed by atoms with E-state index in [0.717, 1.165) is 19.4 Å². The Labute approximate surface area is 110 Å². The lowest BCUT2D eigenvalue weighted by Gasteiger charge is -2.31. The summed E-state index contributed by atoms with van der Waals surface area (Å²) in [6.07, 6.45) is 5.23. The van der Waals surface area contributed by atoms with Gasteiger partial charge in [0.25, 0.3) is 0 Å². The maximum atomic E-state index is 10.3. The molecule has 5 nitrogen and oxygen atoms in total. The molecule has 0 fully saturated rings. The van der Waals surface area contributed by atoms with Crippen molar-refractivity contribution in [3.8, 4) is 0 Å². The first-order valence-corrected chi connectivity index (χ1v) is 6.74. The van der Waals surface area contributed by atoms with Crippen molar-refractivity contribution in [3.05, 3.63) is 12.7 Å². The van der Waals surface area contributed by atoms with Gasteiger partial charge in [0, 0.05) is 19.1 Å². The molecule has 0 aliphatic heterocycles. The molecule has 1 aromatic heterocycles. The van der Waals surface area contributed by atoms with Gasteiger partial charge < -0.3 is 10.4 Å². The van der Waals surface area contributed by atoms with Crippen LogP contribution in [0.2, 0.25) is 0 Å². The van der Waals surface area contributed by atoms with Crippen molar-refractivity contribution in [1.29, 1.82) is 0 Å². The maximum absolute atomic E-state index is 10.3. The van der Waals surface area contributed by atoms with Gasteiger partial charge in [-0.25, -0.2) is 4.98 Å². The number of aromatic nitrogens is 3. The lowest BCUT2D eigenvalue weighted by Crippen LogP contribution is -2.45. The monoisotopic (exact) mass is 254 g/mol. The molecule has 3 unspecified atom stereocenters. The largest absolute Gasteiger partial charge is 0.389 e. The van der Waals surface area contributed by atoms with E-state index in [9.17, 15) is 5.11 Å². The second kappa shape index (κ2) is 6.85. The third kappa shape index (κ3) is 4.74. The Balaban J connectivity index is 2.26. The first-order chi connectivity index (χ1) is 8.45. The van der Waals surface area contributed by atoms with Gasteiger partial charge in [-0.15, -0.1) is 0 Å². The molecule has 0 bridgehead atoms. The second-order valence-electron chi connectivity index (χ2n) is 5.40. The van der Waals surface area contributed by atoms with E-state index in [1.165, 1.54) is 0 Å². The fourth-order valence-electron chi connectivity index (χ4n) is 1.77. The molecule has 5 heteroatoms. The summed E-state index contributed by atoms with van der Waals surface area (Å²) in [4.78, 5) is 3.91. The summed E-state index contributed by atoms with van der Waals surface area (Å²) in [6, 6.07) is 0.352. The first-order valence-electron chi connectivity index (χ1n) is 6.74. The Hall–Kier alpha value is -0.940. The lowest BCUT2D eigenvalue weighted by molar-refractivity contribution is 0.00341. The SMILES string of the molecule is CCC(C)C(C)(O)CNC(C)CCn1cncn1. The van der Waals surface area contributed by atoms with E-state index in [0.29, 0.717) is 18.5 Å². The Kier molecular flexibility index (Phi) is 5.75. The number of hydrogen-bond donors (Lipinski definition) is 2. The number of aryl methyl sites for hydroxylation is 1. The number of nitrogens with zero attached hydrogens (tertiary/aromatic N) is 3. The summed E-state index contributed by atoms with van der Waals surface area (Å²) in [5.74, 6) is 0.299. The zero-order chi connectivity index (χ0) is 13.6. The molecule has 0 radical (unpaired) electrons. The minimum atomic E-state index is -0.643. The van der Waals surface area contributed by atoms with Gasteiger partial charge in [0.05, 0.1) is 5.60 Å². The first kappa shape index (κ1) is 15.1. The quantitative estimate of drug-likeness (QED) is 0.737. The van der Waals surface area contributed by atoms with Crippen molar-refractivity contribution < 1.29 is 5.11 Å². The molecule has 18 heavy (non-hydrogen) atoms. The maximum Gasteiger partial charge on any atom is 0.137 e. The van der Waals surface area contributed by atoms with E-state index in [1.54, 1.807) is 12.7 Å². The second-order valence-corrected chi connectivity index (χ2v) is 5.40. The molecule has 0 aliphatic carbocycles. The number of rotatable bonds is 8. The van der Waals surface area contributed by atoms with Crippen LogP contribution >= 0.6 is 0 Å². The smallest absolute Gasteiger partial charge is 0.137 e. The van der Waals surface area contributed by atoms with E-state index in [2.05, 4.69) is 36.2 Å². The molecule has 0 aliphatic rings. The standard InChI is InChI=1S/C13H26N4O/c1-5-11(2)13(4,18)8-15-12(3)6-7-17-10-14-9-16-17/h9-12,15,18H,5-8H2,1-4H3. The van der Waals surface area contributed by atoms with Crippen LogP contribution < -0.4 is 5.32 Å². The van der Waals surface area contributed by atoms with Gasteiger partial charge in [-0.05, 0) is 26.2 Å². The van der Waals surface area contributed by atoms with Gasteiger partial charge in [0.15, 0.2) is 0 Å². The van der Waals surface area contributed by atoms with Crippen molar-refractivity contribution in [1.82, 2.24) is 20.1 Å². The summed E-state index contributed by atoms with van der Waals surface area (Å²) < 4.78 is 1.82. The predicted molar refractivity (Wildman–Crippen MR) is 72.2 cm³/mol. The highest BCUT2D eigenvalue weighted by Crippen LogP contribution is 2.19. The van der Waals surface area contributed by atoms with Gasteiger partial charge in [0.2, 0.25) is 0 Å². The van der Waals surface area contributed by atoms with Crippen LogP contribution in [-0.4, -0.2) is 38.1 Å². The molecule has 1 rings (SSSR count). The third-order valence-corrected chi connectivity index (χ3v) is 3.74. The molecule has 3 atom stereocenters. The number of hydrogen-bond acceptors (Lipinski definition) is 4. The third-order valence-electron chi connectivity index (χ3n) is 3.74. The van der Waals surface area contributed by atoms with Gasteiger partial charge in [-0.1, -0.05) is 20.3 Å². The van der Waals surface area contributed by atoms with Crippen LogP contribution in [0.5, 0.6) is 0 Å². The Morgan fingerprint density at radius 3 is 2.72 bits per heavy atom. The summed E-state index contributed by atoms with van der Waals surface area (Å²) in [5, 5.41) is 17.7. The molecule has 0 aromatic carbocycles. The molecule has 2 N–H and O–H groups in total. The van der Waals surface area contributed by atoms with Crippen molar-refractivity contribution in [2.75, 3.05) is 6.54 Å². The number of nitrogens with one attached hydrogen (secondary N) is 1. The van der Waals surface area contributed by atoms with Gasteiger partial charge in [0.1, 0.15) is 12.7 Å². The fraction of sp³-hybridized carbons (Fsp3) is 0.846. The average molecular weight is 254 g/mol. The normalized spacial score (nSPS) is 18.3. The van der Waals surface area contributed by atoms with E-state index in [4.69, 9.17) is 0 Å². The topological polar surface area (TPSA) is 63.0 Å². The van der Waals surface area contributed by atoms with Crippen molar-refractivity contribution in [3.63, 3.8) is 0 Å². The molecular formula is C13H26N4O. The average Bonchev–Trinajstić information content (AvgIpc) is 2.86. The zero-order valence-corrected chi connectivity index (χ0v) is 11.9. The summed E-state index contributed by atoms with van der Waals surface area (Å²) in [6.45, 7) is 9.69. The molecular weight excluding hydrogens is 228 g/mol. The zero-order valence-electron chi connectivity index (χ0n) is 11.9. The lowest BCUT2D eigenvalue weighted by atomic mass is 9.88. The molecule has 0 saturated carbocycles. The van der Waals surface area contributed by atoms with Crippen LogP contribution in [0, 0.1) is 5.92 Å². The minimum absolute atomic E-state index is 0.299. The highest BCUT2D eigenvalue weighted by atomic mass is 16.3. The molecule has 0 saturated heterocycles. The fourth-order valence-corrected chi connectivity index (χ4v) is 1.77. The Bertz CT molecular complexity index is 324. The van der Waals surface area contributed by atoms with Crippen LogP contribution in [0.3, 0.4) is 0 Å². The van der Waals surface area contributed by atoms with Crippen LogP contribution in [0.25, 0.3) is 0 Å². The summed E-state index contributed by atoms with van der Waals surface area (Å²) in [5.41, 5.74) is -0.643. The van der Waals surface area contributed by atoms with Crippen LogP contribution in [-0.2, 0) is 6.54 Å². The molecule has 1 aromatic rings. The highest BCUT2D eigenvalue weighted by molar-refractivity contribution is 4.82. The van der Waals surface area contributed by atoms with E-state index in [-0.39, 0.29) is 0 Å². The minimum Gasteiger partial charge on any atom is -0.389 e. The van der Waals surface area contributed by atoms with Crippen molar-refractivity contribution >= 4 is 0 Å².